The Morgan fingerprint density at radius 1 is 1.29 bits per heavy atom. The number of anilines is 1. The Kier molecular flexibility index (Phi) is 6.16. The minimum atomic E-state index is -0.278. The van der Waals surface area contributed by atoms with Crippen LogP contribution in [0.2, 0.25) is 5.02 Å². The summed E-state index contributed by atoms with van der Waals surface area (Å²) in [6.45, 7) is 3.87. The van der Waals surface area contributed by atoms with Crippen molar-refractivity contribution in [2.45, 2.75) is 19.0 Å². The smallest absolute Gasteiger partial charge is 0.267 e. The molecule has 4 aromatic rings. The Balaban J connectivity index is 1.71. The molecule has 3 heterocycles. The number of benzene rings is 1. The van der Waals surface area contributed by atoms with Crippen molar-refractivity contribution in [3.05, 3.63) is 67.1 Å². The first-order chi connectivity index (χ1) is 14.9. The van der Waals surface area contributed by atoms with Crippen molar-refractivity contribution in [1.82, 2.24) is 9.55 Å². The van der Waals surface area contributed by atoms with E-state index < -0.39 is 0 Å². The number of nitriles is 1. The lowest BCUT2D eigenvalue weighted by Crippen LogP contribution is -2.22. The number of nitrogens with zero attached hydrogens (tertiary/aromatic N) is 3. The van der Waals surface area contributed by atoms with E-state index in [9.17, 15) is 9.59 Å². The number of rotatable bonds is 5. The first kappa shape index (κ1) is 21.6. The van der Waals surface area contributed by atoms with Gasteiger partial charge in [-0.3, -0.25) is 14.2 Å². The van der Waals surface area contributed by atoms with Crippen LogP contribution in [0.4, 0.5) is 5.00 Å². The number of hydrogen-bond donors (Lipinski definition) is 1. The van der Waals surface area contributed by atoms with Crippen molar-refractivity contribution in [3.8, 4) is 11.8 Å². The number of fused-ring (bicyclic) bond motifs is 1. The second-order valence-corrected chi connectivity index (χ2v) is 10.1. The average molecular weight is 487 g/mol. The molecule has 3 aromatic heterocycles. The maximum Gasteiger partial charge on any atom is 0.267 e. The largest absolute Gasteiger partial charge is 0.316 e. The summed E-state index contributed by atoms with van der Waals surface area (Å²) in [6.07, 6.45) is 0. The average Bonchev–Trinajstić information content (AvgIpc) is 3.31. The van der Waals surface area contributed by atoms with E-state index in [4.69, 9.17) is 21.8 Å². The summed E-state index contributed by atoms with van der Waals surface area (Å²) in [6, 6.07) is 10.6. The summed E-state index contributed by atoms with van der Waals surface area (Å²) < 4.78 is 1.52. The third-order valence-corrected chi connectivity index (χ3v) is 7.75. The van der Waals surface area contributed by atoms with Crippen LogP contribution in [0.1, 0.15) is 16.0 Å². The highest BCUT2D eigenvalue weighted by molar-refractivity contribution is 7.99. The van der Waals surface area contributed by atoms with Crippen LogP contribution in [-0.4, -0.2) is 21.2 Å². The van der Waals surface area contributed by atoms with Crippen LogP contribution in [0.25, 0.3) is 15.9 Å². The van der Waals surface area contributed by atoms with Crippen molar-refractivity contribution < 1.29 is 4.79 Å². The minimum absolute atomic E-state index is 0.0393. The predicted molar refractivity (Wildman–Crippen MR) is 128 cm³/mol. The molecule has 1 N–H and O–H groups in total. The lowest BCUT2D eigenvalue weighted by molar-refractivity contribution is -0.113. The molecule has 10 heteroatoms. The van der Waals surface area contributed by atoms with Crippen molar-refractivity contribution in [2.24, 2.45) is 0 Å². The van der Waals surface area contributed by atoms with Gasteiger partial charge in [-0.2, -0.15) is 5.26 Å². The van der Waals surface area contributed by atoms with Gasteiger partial charge in [0.1, 0.15) is 15.9 Å². The molecular formula is C21H15ClN4O2S3. The number of nitrogens with one attached hydrogen (secondary N) is 1. The molecule has 0 aliphatic heterocycles. The van der Waals surface area contributed by atoms with E-state index in [1.165, 1.54) is 39.0 Å². The van der Waals surface area contributed by atoms with Gasteiger partial charge < -0.3 is 5.32 Å². The summed E-state index contributed by atoms with van der Waals surface area (Å²) in [5, 5.41) is 15.7. The fourth-order valence-corrected chi connectivity index (χ4v) is 5.74. The van der Waals surface area contributed by atoms with E-state index in [1.807, 2.05) is 19.9 Å². The highest BCUT2D eigenvalue weighted by Gasteiger charge is 2.19. The molecular weight excluding hydrogens is 472 g/mol. The zero-order valence-corrected chi connectivity index (χ0v) is 19.6. The molecule has 0 radical (unpaired) electrons. The molecule has 0 bridgehead atoms. The lowest BCUT2D eigenvalue weighted by Gasteiger charge is -2.12. The summed E-state index contributed by atoms with van der Waals surface area (Å²) in [5.74, 6) is -0.239. The summed E-state index contributed by atoms with van der Waals surface area (Å²) >= 11 is 9.94. The molecule has 0 unspecified atom stereocenters. The van der Waals surface area contributed by atoms with Gasteiger partial charge in [-0.1, -0.05) is 23.4 Å². The van der Waals surface area contributed by atoms with Crippen molar-refractivity contribution >= 4 is 67.2 Å². The highest BCUT2D eigenvalue weighted by Crippen LogP contribution is 2.30. The molecule has 156 valence electrons. The number of carbonyl (C=O) groups excluding carboxylic acids is 1. The Hall–Kier alpha value is -2.64. The maximum atomic E-state index is 13.4. The Bertz CT molecular complexity index is 1400. The zero-order valence-electron chi connectivity index (χ0n) is 16.4. The fourth-order valence-electron chi connectivity index (χ4n) is 2.98. The van der Waals surface area contributed by atoms with Crippen molar-refractivity contribution in [1.29, 1.82) is 5.26 Å². The number of carbonyl (C=O) groups is 1. The number of thioether (sulfide) groups is 1. The molecule has 1 aromatic carbocycles. The van der Waals surface area contributed by atoms with E-state index in [0.29, 0.717) is 36.6 Å². The molecule has 0 spiro atoms. The number of aryl methyl sites for hydroxylation is 2. The number of amides is 1. The van der Waals surface area contributed by atoms with Gasteiger partial charge in [-0.15, -0.1) is 22.7 Å². The van der Waals surface area contributed by atoms with Gasteiger partial charge in [0.2, 0.25) is 5.91 Å². The van der Waals surface area contributed by atoms with Gasteiger partial charge in [0, 0.05) is 9.90 Å². The topological polar surface area (TPSA) is 87.8 Å². The fraction of sp³-hybridized carbons (Fsp3) is 0.143. The van der Waals surface area contributed by atoms with Gasteiger partial charge in [-0.05, 0) is 55.1 Å². The first-order valence-corrected chi connectivity index (χ1v) is 12.1. The lowest BCUT2D eigenvalue weighted by atomic mass is 10.2. The van der Waals surface area contributed by atoms with Gasteiger partial charge in [0.25, 0.3) is 5.56 Å². The third kappa shape index (κ3) is 4.25. The quantitative estimate of drug-likeness (QED) is 0.302. The van der Waals surface area contributed by atoms with E-state index in [0.717, 1.165) is 10.4 Å². The van der Waals surface area contributed by atoms with Gasteiger partial charge in [0.05, 0.1) is 22.4 Å². The second kappa shape index (κ2) is 8.85. The zero-order chi connectivity index (χ0) is 22.1. The van der Waals surface area contributed by atoms with Crippen molar-refractivity contribution in [3.63, 3.8) is 0 Å². The summed E-state index contributed by atoms with van der Waals surface area (Å²) in [4.78, 5) is 32.3. The predicted octanol–water partition coefficient (Wildman–Crippen LogP) is 5.38. The van der Waals surface area contributed by atoms with Crippen LogP contribution < -0.4 is 10.9 Å². The molecule has 0 aliphatic rings. The number of hydrogen-bond acceptors (Lipinski definition) is 7. The van der Waals surface area contributed by atoms with Crippen molar-refractivity contribution in [2.75, 3.05) is 11.1 Å². The first-order valence-electron chi connectivity index (χ1n) is 9.08. The van der Waals surface area contributed by atoms with Gasteiger partial charge >= 0.3 is 0 Å². The minimum Gasteiger partial charge on any atom is -0.316 e. The number of thiophene rings is 2. The Labute approximate surface area is 195 Å². The van der Waals surface area contributed by atoms with Gasteiger partial charge in [0.15, 0.2) is 5.16 Å². The molecule has 0 aliphatic carbocycles. The van der Waals surface area contributed by atoms with E-state index in [-0.39, 0.29) is 17.2 Å². The normalized spacial score (nSPS) is 10.9. The standard InChI is InChI=1S/C21H15ClN4O2S3/c1-11-12(2)31-19-17(11)20(28)26(15-5-3-14(22)4-6-15)21(25-19)30-10-16(27)24-18-13(9-23)7-8-29-18/h3-8H,10H2,1-2H3,(H,24,27). The van der Waals surface area contributed by atoms with Crippen LogP contribution in [0.5, 0.6) is 0 Å². The number of halogens is 1. The second-order valence-electron chi connectivity index (χ2n) is 6.59. The van der Waals surface area contributed by atoms with E-state index in [2.05, 4.69) is 5.32 Å². The molecule has 0 atom stereocenters. The van der Waals surface area contributed by atoms with Crippen LogP contribution in [0.3, 0.4) is 0 Å². The Morgan fingerprint density at radius 3 is 2.74 bits per heavy atom. The van der Waals surface area contributed by atoms with Crippen LogP contribution in [-0.2, 0) is 4.79 Å². The SMILES string of the molecule is Cc1sc2nc(SCC(=O)Nc3sccc3C#N)n(-c3ccc(Cl)cc3)c(=O)c2c1C. The molecule has 4 rings (SSSR count). The van der Waals surface area contributed by atoms with Crippen LogP contribution in [0, 0.1) is 25.2 Å². The third-order valence-electron chi connectivity index (χ3n) is 4.63. The molecule has 0 saturated carbocycles. The van der Waals surface area contributed by atoms with Crippen LogP contribution >= 0.6 is 46.0 Å². The molecule has 0 fully saturated rings. The Morgan fingerprint density at radius 2 is 2.03 bits per heavy atom. The molecule has 0 saturated heterocycles. The summed E-state index contributed by atoms with van der Waals surface area (Å²) in [7, 11) is 0. The molecule has 6 nitrogen and oxygen atoms in total. The monoisotopic (exact) mass is 486 g/mol. The van der Waals surface area contributed by atoms with Gasteiger partial charge in [-0.25, -0.2) is 4.98 Å². The molecule has 1 amide bonds. The van der Waals surface area contributed by atoms with Crippen LogP contribution in [0.15, 0.2) is 45.7 Å². The summed E-state index contributed by atoms with van der Waals surface area (Å²) in [5.41, 5.74) is 1.78. The highest BCUT2D eigenvalue weighted by atomic mass is 35.5. The molecule has 31 heavy (non-hydrogen) atoms. The maximum absolute atomic E-state index is 13.4. The van der Waals surface area contributed by atoms with E-state index >= 15 is 0 Å². The number of aromatic nitrogens is 2. The van der Waals surface area contributed by atoms with E-state index in [1.54, 1.807) is 35.7 Å².